The van der Waals surface area contributed by atoms with Crippen molar-refractivity contribution in [3.8, 4) is 5.75 Å². The summed E-state index contributed by atoms with van der Waals surface area (Å²) in [5.74, 6) is 1.30. The highest BCUT2D eigenvalue weighted by Gasteiger charge is 2.42. The Labute approximate surface area is 179 Å². The number of hydrogen-bond donors (Lipinski definition) is 1. The molecule has 6 heteroatoms. The fourth-order valence-corrected chi connectivity index (χ4v) is 4.78. The number of anilines is 1. The molecule has 3 aromatic rings. The number of ether oxygens (including phenoxy) is 1. The van der Waals surface area contributed by atoms with Crippen LogP contribution in [0.1, 0.15) is 47.1 Å². The van der Waals surface area contributed by atoms with E-state index in [0.717, 1.165) is 39.4 Å². The first-order valence-electron chi connectivity index (χ1n) is 9.94. The van der Waals surface area contributed by atoms with Gasteiger partial charge in [0.2, 0.25) is 5.88 Å². The van der Waals surface area contributed by atoms with Crippen molar-refractivity contribution in [2.75, 3.05) is 12.4 Å². The van der Waals surface area contributed by atoms with E-state index < -0.39 is 0 Å². The zero-order chi connectivity index (χ0) is 20.8. The van der Waals surface area contributed by atoms with Crippen molar-refractivity contribution in [2.45, 2.75) is 31.6 Å². The maximum atomic E-state index is 13.5. The van der Waals surface area contributed by atoms with Crippen LogP contribution in [0.2, 0.25) is 5.02 Å². The van der Waals surface area contributed by atoms with Crippen molar-refractivity contribution in [1.29, 1.82) is 0 Å². The summed E-state index contributed by atoms with van der Waals surface area (Å²) in [7, 11) is 1.65. The van der Waals surface area contributed by atoms with Crippen LogP contribution >= 0.6 is 11.6 Å². The van der Waals surface area contributed by atoms with Gasteiger partial charge >= 0.3 is 0 Å². The number of benzene rings is 2. The summed E-state index contributed by atoms with van der Waals surface area (Å²) in [5.41, 5.74) is 5.40. The molecule has 5 rings (SSSR count). The SMILES string of the molecule is COc1ccccc1[C@@H]1C2=C(C[C@@H](c3ccc(Cl)cc3)CC2=O)Nc2onc(C)c21. The van der Waals surface area contributed by atoms with Crippen molar-refractivity contribution in [2.24, 2.45) is 0 Å². The van der Waals surface area contributed by atoms with Crippen LogP contribution < -0.4 is 10.1 Å². The van der Waals surface area contributed by atoms with Gasteiger partial charge in [-0.3, -0.25) is 4.79 Å². The number of ketones is 1. The summed E-state index contributed by atoms with van der Waals surface area (Å²) in [6.45, 7) is 1.90. The van der Waals surface area contributed by atoms with Crippen molar-refractivity contribution < 1.29 is 14.1 Å². The van der Waals surface area contributed by atoms with Crippen molar-refractivity contribution in [3.05, 3.63) is 87.2 Å². The molecule has 0 fully saturated rings. The van der Waals surface area contributed by atoms with Gasteiger partial charge in [-0.15, -0.1) is 0 Å². The number of hydrogen-bond acceptors (Lipinski definition) is 5. The van der Waals surface area contributed by atoms with E-state index in [2.05, 4.69) is 10.5 Å². The number of rotatable bonds is 3. The number of carbonyl (C=O) groups is 1. The van der Waals surface area contributed by atoms with Crippen molar-refractivity contribution in [1.82, 2.24) is 5.16 Å². The topological polar surface area (TPSA) is 64.4 Å². The lowest BCUT2D eigenvalue weighted by Gasteiger charge is -2.34. The van der Waals surface area contributed by atoms with Crippen LogP contribution in [0.4, 0.5) is 5.88 Å². The molecule has 30 heavy (non-hydrogen) atoms. The van der Waals surface area contributed by atoms with Crippen molar-refractivity contribution in [3.63, 3.8) is 0 Å². The predicted octanol–water partition coefficient (Wildman–Crippen LogP) is 5.60. The van der Waals surface area contributed by atoms with E-state index in [-0.39, 0.29) is 17.6 Å². The minimum absolute atomic E-state index is 0.0879. The number of para-hydroxylation sites is 1. The fraction of sp³-hybridized carbons (Fsp3) is 0.250. The van der Waals surface area contributed by atoms with Gasteiger partial charge in [-0.05, 0) is 43.0 Å². The molecule has 1 aliphatic carbocycles. The van der Waals surface area contributed by atoms with Gasteiger partial charge in [0.15, 0.2) is 5.78 Å². The van der Waals surface area contributed by atoms with Gasteiger partial charge < -0.3 is 14.6 Å². The summed E-state index contributed by atoms with van der Waals surface area (Å²) in [5, 5.41) is 8.22. The van der Waals surface area contributed by atoms with Crippen molar-refractivity contribution >= 4 is 23.3 Å². The van der Waals surface area contributed by atoms with Gasteiger partial charge in [-0.1, -0.05) is 47.1 Å². The summed E-state index contributed by atoms with van der Waals surface area (Å²) in [6, 6.07) is 15.6. The zero-order valence-corrected chi connectivity index (χ0v) is 17.5. The predicted molar refractivity (Wildman–Crippen MR) is 115 cm³/mol. The number of Topliss-reactive ketones (excluding diaryl/α,β-unsaturated/α-hetero) is 1. The highest BCUT2D eigenvalue weighted by molar-refractivity contribution is 6.30. The molecular formula is C24H21ClN2O3. The number of allylic oxidation sites excluding steroid dienone is 2. The van der Waals surface area contributed by atoms with E-state index in [1.54, 1.807) is 7.11 Å². The second-order valence-electron chi connectivity index (χ2n) is 7.78. The summed E-state index contributed by atoms with van der Waals surface area (Å²) >= 11 is 6.04. The molecule has 0 saturated carbocycles. The Morgan fingerprint density at radius 2 is 1.90 bits per heavy atom. The molecule has 0 unspecified atom stereocenters. The third-order valence-corrected chi connectivity index (χ3v) is 6.30. The molecule has 152 valence electrons. The normalized spacial score (nSPS) is 20.4. The number of fused-ring (bicyclic) bond motifs is 1. The smallest absolute Gasteiger partial charge is 0.233 e. The first-order valence-corrected chi connectivity index (χ1v) is 10.3. The fourth-order valence-electron chi connectivity index (χ4n) is 4.66. The van der Waals surface area contributed by atoms with Gasteiger partial charge in [-0.25, -0.2) is 0 Å². The standard InChI is InChI=1S/C24H21ClN2O3/c1-13-21-22(17-5-3-4-6-20(17)29-2)23-18(26-24(21)30-27-13)11-15(12-19(23)28)14-7-9-16(25)10-8-14/h3-10,15,22,26H,11-12H2,1-2H3/t15-,22+/m1/s1. The van der Waals surface area contributed by atoms with Gasteiger partial charge in [0.1, 0.15) is 5.75 Å². The average Bonchev–Trinajstić information content (AvgIpc) is 3.13. The summed E-state index contributed by atoms with van der Waals surface area (Å²) in [6.07, 6.45) is 1.17. The van der Waals surface area contributed by atoms with E-state index in [1.165, 1.54) is 0 Å². The Hall–Kier alpha value is -3.05. The van der Waals surface area contributed by atoms with Gasteiger partial charge in [-0.2, -0.15) is 0 Å². The maximum absolute atomic E-state index is 13.5. The lowest BCUT2D eigenvalue weighted by molar-refractivity contribution is -0.116. The molecule has 2 heterocycles. The number of aryl methyl sites for hydroxylation is 1. The lowest BCUT2D eigenvalue weighted by atomic mass is 9.72. The zero-order valence-electron chi connectivity index (χ0n) is 16.7. The summed E-state index contributed by atoms with van der Waals surface area (Å²) < 4.78 is 11.2. The Morgan fingerprint density at radius 3 is 2.67 bits per heavy atom. The Bertz CT molecular complexity index is 1160. The molecule has 0 bridgehead atoms. The largest absolute Gasteiger partial charge is 0.496 e. The molecule has 1 N–H and O–H groups in total. The Morgan fingerprint density at radius 1 is 1.13 bits per heavy atom. The molecule has 0 spiro atoms. The van der Waals surface area contributed by atoms with Gasteiger partial charge in [0.05, 0.1) is 24.3 Å². The van der Waals surface area contributed by atoms with E-state index in [4.69, 9.17) is 20.9 Å². The molecule has 0 radical (unpaired) electrons. The number of carbonyl (C=O) groups excluding carboxylic acids is 1. The van der Waals surface area contributed by atoms with Crippen LogP contribution in [0.3, 0.4) is 0 Å². The first-order chi connectivity index (χ1) is 14.6. The lowest BCUT2D eigenvalue weighted by Crippen LogP contribution is -2.29. The molecule has 2 aromatic carbocycles. The Kier molecular flexibility index (Phi) is 4.63. The van der Waals surface area contributed by atoms with Gasteiger partial charge in [0.25, 0.3) is 0 Å². The van der Waals surface area contributed by atoms with Gasteiger partial charge in [0, 0.05) is 28.3 Å². The average molecular weight is 421 g/mol. The third-order valence-electron chi connectivity index (χ3n) is 6.05. The van der Waals surface area contributed by atoms with Crippen LogP contribution in [-0.4, -0.2) is 18.0 Å². The number of methoxy groups -OCH3 is 1. The minimum atomic E-state index is -0.266. The van der Waals surface area contributed by atoms with E-state index in [0.29, 0.717) is 23.7 Å². The van der Waals surface area contributed by atoms with E-state index in [1.807, 2.05) is 55.5 Å². The highest BCUT2D eigenvalue weighted by atomic mass is 35.5. The molecule has 2 aliphatic rings. The third kappa shape index (κ3) is 3.01. The first kappa shape index (κ1) is 18.9. The molecule has 0 amide bonds. The molecule has 0 saturated heterocycles. The number of halogens is 1. The highest BCUT2D eigenvalue weighted by Crippen LogP contribution is 2.50. The maximum Gasteiger partial charge on any atom is 0.233 e. The van der Waals surface area contributed by atoms with Crippen LogP contribution in [0, 0.1) is 6.92 Å². The molecule has 1 aromatic heterocycles. The van der Waals surface area contributed by atoms with E-state index in [9.17, 15) is 4.79 Å². The van der Waals surface area contributed by atoms with Crippen LogP contribution in [0.25, 0.3) is 0 Å². The molecular weight excluding hydrogens is 400 g/mol. The molecule has 2 atom stereocenters. The van der Waals surface area contributed by atoms with Crippen LogP contribution in [0.5, 0.6) is 5.75 Å². The monoisotopic (exact) mass is 420 g/mol. The number of aromatic nitrogens is 1. The quantitative estimate of drug-likeness (QED) is 0.597. The molecule has 1 aliphatic heterocycles. The number of nitrogens with one attached hydrogen (secondary N) is 1. The van der Waals surface area contributed by atoms with E-state index >= 15 is 0 Å². The second kappa shape index (κ2) is 7.33. The van der Waals surface area contributed by atoms with Crippen LogP contribution in [-0.2, 0) is 4.79 Å². The van der Waals surface area contributed by atoms with Crippen LogP contribution in [0.15, 0.2) is 64.3 Å². The molecule has 5 nitrogen and oxygen atoms in total. The second-order valence-corrected chi connectivity index (χ2v) is 8.22. The minimum Gasteiger partial charge on any atom is -0.496 e. The summed E-state index contributed by atoms with van der Waals surface area (Å²) in [4.78, 5) is 13.5. The number of nitrogens with zero attached hydrogens (tertiary/aromatic N) is 1. The Balaban J connectivity index is 1.64.